The van der Waals surface area contributed by atoms with E-state index >= 15 is 0 Å². The molecule has 0 unspecified atom stereocenters. The second-order valence-corrected chi connectivity index (χ2v) is 9.25. The van der Waals surface area contributed by atoms with Crippen LogP contribution in [-0.4, -0.2) is 13.4 Å². The fraction of sp³-hybridized carbons (Fsp3) is 0.0625. The molecule has 2 aromatic carbocycles. The Balaban J connectivity index is 1.86. The highest BCUT2D eigenvalue weighted by Gasteiger charge is 2.23. The number of rotatable bonds is 6. The largest absolute Gasteiger partial charge is 0.365 e. The smallest absolute Gasteiger partial charge is 0.266 e. The number of hydrogen-bond acceptors (Lipinski definition) is 6. The van der Waals surface area contributed by atoms with E-state index < -0.39 is 26.9 Å². The lowest BCUT2D eigenvalue weighted by Crippen LogP contribution is -2.21. The monoisotopic (exact) mass is 490 g/mol. The zero-order valence-electron chi connectivity index (χ0n) is 13.5. The van der Waals surface area contributed by atoms with Crippen molar-refractivity contribution in [3.05, 3.63) is 68.9 Å². The molecule has 27 heavy (non-hydrogen) atoms. The van der Waals surface area contributed by atoms with Crippen LogP contribution in [0.3, 0.4) is 0 Å². The molecule has 0 saturated carbocycles. The average molecular weight is 492 g/mol. The molecule has 1 aromatic heterocycles. The number of hydrogen-bond donors (Lipinski definition) is 3. The number of benzene rings is 2. The Bertz CT molecular complexity index is 1060. The zero-order chi connectivity index (χ0) is 19.6. The van der Waals surface area contributed by atoms with Crippen LogP contribution >= 0.6 is 38.9 Å². The summed E-state index contributed by atoms with van der Waals surface area (Å²) < 4.78 is 42.3. The van der Waals surface area contributed by atoms with Crippen molar-refractivity contribution in [3.8, 4) is 0 Å². The molecular weight excluding hydrogens is 479 g/mol. The summed E-state index contributed by atoms with van der Waals surface area (Å²) in [6.45, 7) is 0. The van der Waals surface area contributed by atoms with E-state index in [1.54, 1.807) is 17.5 Å². The molecule has 4 N–H and O–H groups in total. The highest BCUT2D eigenvalue weighted by Crippen LogP contribution is 2.31. The number of nitrogens with two attached hydrogens (primary N) is 1. The fourth-order valence-electron chi connectivity index (χ4n) is 2.24. The Hall–Kier alpha value is -1.72. The van der Waals surface area contributed by atoms with Crippen molar-refractivity contribution in [2.24, 2.45) is 5.73 Å². The van der Waals surface area contributed by atoms with Gasteiger partial charge < -0.3 is 11.1 Å². The van der Waals surface area contributed by atoms with Crippen molar-refractivity contribution in [1.82, 2.24) is 4.98 Å². The van der Waals surface area contributed by atoms with Gasteiger partial charge in [-0.15, -0.1) is 11.3 Å². The maximum Gasteiger partial charge on any atom is 0.266 e. The van der Waals surface area contributed by atoms with Crippen LogP contribution in [0.2, 0.25) is 5.02 Å². The van der Waals surface area contributed by atoms with Gasteiger partial charge in [-0.1, -0.05) is 39.7 Å². The van der Waals surface area contributed by atoms with Gasteiger partial charge in [0.05, 0.1) is 10.7 Å². The number of sulfonamides is 1. The molecule has 0 aliphatic heterocycles. The zero-order valence-corrected chi connectivity index (χ0v) is 17.5. The van der Waals surface area contributed by atoms with E-state index in [4.69, 9.17) is 17.3 Å². The predicted molar refractivity (Wildman–Crippen MR) is 109 cm³/mol. The van der Waals surface area contributed by atoms with Gasteiger partial charge in [0.1, 0.15) is 16.9 Å². The molecule has 0 radical (unpaired) electrons. The Kier molecular flexibility index (Phi) is 6.02. The van der Waals surface area contributed by atoms with E-state index in [0.29, 0.717) is 0 Å². The summed E-state index contributed by atoms with van der Waals surface area (Å²) in [5.74, 6) is -0.965. The van der Waals surface area contributed by atoms with Gasteiger partial charge in [0, 0.05) is 16.0 Å². The number of thiazole rings is 1. The second kappa shape index (κ2) is 8.11. The highest BCUT2D eigenvalue weighted by molar-refractivity contribution is 9.10. The Labute approximate surface area is 172 Å². The number of nitrogens with zero attached hydrogens (tertiary/aromatic N) is 1. The molecule has 3 rings (SSSR count). The second-order valence-electron chi connectivity index (χ2n) is 5.38. The van der Waals surface area contributed by atoms with Crippen LogP contribution in [0.4, 0.5) is 15.2 Å². The minimum absolute atomic E-state index is 0.0151. The van der Waals surface area contributed by atoms with Crippen molar-refractivity contribution < 1.29 is 12.8 Å². The van der Waals surface area contributed by atoms with Gasteiger partial charge in [0.15, 0.2) is 5.13 Å². The first-order valence-electron chi connectivity index (χ1n) is 7.45. The van der Waals surface area contributed by atoms with E-state index in [-0.39, 0.29) is 15.8 Å². The molecule has 6 nitrogen and oxygen atoms in total. The summed E-state index contributed by atoms with van der Waals surface area (Å²) >= 11 is 10.6. The first-order valence-corrected chi connectivity index (χ1v) is 11.0. The Morgan fingerprint density at radius 3 is 2.74 bits per heavy atom. The minimum atomic E-state index is -4.17. The van der Waals surface area contributed by atoms with Gasteiger partial charge in [0.2, 0.25) is 0 Å². The molecule has 1 heterocycles. The third-order valence-electron chi connectivity index (χ3n) is 3.48. The van der Waals surface area contributed by atoms with E-state index in [9.17, 15) is 12.8 Å². The highest BCUT2D eigenvalue weighted by atomic mass is 79.9. The molecule has 0 bridgehead atoms. The topological polar surface area (TPSA) is 97.1 Å². The molecule has 0 spiro atoms. The first-order chi connectivity index (χ1) is 12.8. The van der Waals surface area contributed by atoms with Gasteiger partial charge in [-0.2, -0.15) is 0 Å². The number of aromatic nitrogens is 1. The summed E-state index contributed by atoms with van der Waals surface area (Å²) in [4.78, 5) is 3.24. The standard InChI is InChI=1S/C16H13BrClFN4O2S2/c17-10-3-1-2-9(6-10)15(20)22-13-8-12(19)14(7-11(13)18)27(24,25)23-16-21-4-5-26-16/h1-8,15,22H,20H2,(H,21,23)/t15-/m1/s1. The maximum absolute atomic E-state index is 14.5. The molecule has 1 atom stereocenters. The fourth-order valence-corrected chi connectivity index (χ4v) is 4.81. The molecule has 0 fully saturated rings. The number of halogens is 3. The first kappa shape index (κ1) is 20.0. The Morgan fingerprint density at radius 1 is 1.30 bits per heavy atom. The van der Waals surface area contributed by atoms with E-state index in [1.165, 1.54) is 6.20 Å². The van der Waals surface area contributed by atoms with Crippen LogP contribution in [-0.2, 0) is 10.0 Å². The van der Waals surface area contributed by atoms with Crippen molar-refractivity contribution in [2.75, 3.05) is 10.0 Å². The van der Waals surface area contributed by atoms with Crippen molar-refractivity contribution in [1.29, 1.82) is 0 Å². The normalized spacial score (nSPS) is 12.6. The van der Waals surface area contributed by atoms with Crippen LogP contribution in [0, 0.1) is 5.82 Å². The third kappa shape index (κ3) is 4.77. The van der Waals surface area contributed by atoms with Crippen LogP contribution in [0.5, 0.6) is 0 Å². The summed E-state index contributed by atoms with van der Waals surface area (Å²) in [5, 5.41) is 4.62. The number of nitrogens with one attached hydrogen (secondary N) is 2. The molecule has 0 amide bonds. The summed E-state index contributed by atoms with van der Waals surface area (Å²) in [5.41, 5.74) is 6.99. The molecule has 0 aliphatic rings. The Morgan fingerprint density at radius 2 is 2.07 bits per heavy atom. The lowest BCUT2D eigenvalue weighted by molar-refractivity contribution is 0.570. The summed E-state index contributed by atoms with van der Waals surface area (Å²) in [7, 11) is -4.17. The summed E-state index contributed by atoms with van der Waals surface area (Å²) in [6.07, 6.45) is 0.762. The van der Waals surface area contributed by atoms with E-state index in [2.05, 4.69) is 31.0 Å². The van der Waals surface area contributed by atoms with E-state index in [1.807, 2.05) is 12.1 Å². The average Bonchev–Trinajstić information content (AvgIpc) is 3.09. The lowest BCUT2D eigenvalue weighted by Gasteiger charge is -2.18. The lowest BCUT2D eigenvalue weighted by atomic mass is 10.1. The molecular formula is C16H13BrClFN4O2S2. The summed E-state index contributed by atoms with van der Waals surface area (Å²) in [6, 6.07) is 9.28. The molecule has 3 aromatic rings. The quantitative estimate of drug-likeness (QED) is 0.439. The minimum Gasteiger partial charge on any atom is -0.365 e. The van der Waals surface area contributed by atoms with Crippen molar-refractivity contribution in [2.45, 2.75) is 11.1 Å². The molecule has 0 aliphatic carbocycles. The van der Waals surface area contributed by atoms with Crippen molar-refractivity contribution in [3.63, 3.8) is 0 Å². The molecule has 11 heteroatoms. The molecule has 142 valence electrons. The number of anilines is 2. The van der Waals surface area contributed by atoms with Gasteiger partial charge in [-0.3, -0.25) is 4.72 Å². The molecule has 0 saturated heterocycles. The third-order valence-corrected chi connectivity index (χ3v) is 6.46. The van der Waals surface area contributed by atoms with E-state index in [0.717, 1.165) is 33.5 Å². The van der Waals surface area contributed by atoms with Gasteiger partial charge in [0.25, 0.3) is 10.0 Å². The van der Waals surface area contributed by atoms with Gasteiger partial charge in [-0.25, -0.2) is 17.8 Å². The van der Waals surface area contributed by atoms with Gasteiger partial charge in [-0.05, 0) is 29.8 Å². The predicted octanol–water partition coefficient (Wildman–Crippen LogP) is 4.57. The maximum atomic E-state index is 14.5. The van der Waals surface area contributed by atoms with Crippen LogP contribution < -0.4 is 15.8 Å². The van der Waals surface area contributed by atoms with Gasteiger partial charge >= 0.3 is 0 Å². The van der Waals surface area contributed by atoms with Crippen LogP contribution in [0.1, 0.15) is 11.7 Å². The van der Waals surface area contributed by atoms with Crippen LogP contribution in [0.25, 0.3) is 0 Å². The van der Waals surface area contributed by atoms with Crippen molar-refractivity contribution >= 4 is 59.7 Å². The SMILES string of the molecule is N[C@H](Nc1cc(F)c(S(=O)(=O)Nc2nccs2)cc1Cl)c1cccc(Br)c1. The van der Waals surface area contributed by atoms with Crippen LogP contribution in [0.15, 0.2) is 57.3 Å².